The standard InChI is InChI=1S/C17H13N3O/c1-3-15-16(12-6-8-14(18-2)9-7-12)17(20-21-15)13-5-4-10-19-11-13/h4-11H,3H2,1H3. The Kier molecular flexibility index (Phi) is 3.48. The van der Waals surface area contributed by atoms with Gasteiger partial charge >= 0.3 is 0 Å². The van der Waals surface area contributed by atoms with Gasteiger partial charge in [0.1, 0.15) is 11.5 Å². The van der Waals surface area contributed by atoms with Gasteiger partial charge in [-0.2, -0.15) is 0 Å². The van der Waals surface area contributed by atoms with Gasteiger partial charge in [0.05, 0.1) is 12.1 Å². The zero-order chi connectivity index (χ0) is 14.7. The minimum absolute atomic E-state index is 0.621. The van der Waals surface area contributed by atoms with E-state index in [1.807, 2.05) is 43.3 Å². The number of benzene rings is 1. The maximum Gasteiger partial charge on any atom is 0.187 e. The summed E-state index contributed by atoms with van der Waals surface area (Å²) < 4.78 is 5.47. The Balaban J connectivity index is 2.16. The largest absolute Gasteiger partial charge is 0.360 e. The van der Waals surface area contributed by atoms with Gasteiger partial charge in [0.15, 0.2) is 5.69 Å². The molecule has 3 rings (SSSR count). The van der Waals surface area contributed by atoms with Gasteiger partial charge in [0, 0.05) is 24.4 Å². The molecule has 0 fully saturated rings. The van der Waals surface area contributed by atoms with Crippen LogP contribution in [0.3, 0.4) is 0 Å². The van der Waals surface area contributed by atoms with Crippen LogP contribution in [0.1, 0.15) is 12.7 Å². The summed E-state index contributed by atoms with van der Waals surface area (Å²) in [5, 5.41) is 4.20. The minimum Gasteiger partial charge on any atom is -0.360 e. The Morgan fingerprint density at radius 1 is 1.14 bits per heavy atom. The SMILES string of the molecule is [C-]#[N+]c1ccc(-c2c(-c3cccnc3)noc2CC)cc1. The number of pyridine rings is 1. The fourth-order valence-corrected chi connectivity index (χ4v) is 2.27. The smallest absolute Gasteiger partial charge is 0.187 e. The minimum atomic E-state index is 0.621. The van der Waals surface area contributed by atoms with Gasteiger partial charge in [-0.1, -0.05) is 36.3 Å². The van der Waals surface area contributed by atoms with E-state index < -0.39 is 0 Å². The molecule has 1 aromatic carbocycles. The predicted octanol–water partition coefficient (Wildman–Crippen LogP) is 4.52. The lowest BCUT2D eigenvalue weighted by Gasteiger charge is -2.04. The van der Waals surface area contributed by atoms with E-state index in [0.717, 1.165) is 34.6 Å². The summed E-state index contributed by atoms with van der Waals surface area (Å²) in [6, 6.07) is 11.3. The predicted molar refractivity (Wildman–Crippen MR) is 80.8 cm³/mol. The van der Waals surface area contributed by atoms with Crippen molar-refractivity contribution in [2.45, 2.75) is 13.3 Å². The molecule has 0 bridgehead atoms. The molecule has 0 amide bonds. The van der Waals surface area contributed by atoms with Crippen molar-refractivity contribution in [1.29, 1.82) is 0 Å². The highest BCUT2D eigenvalue weighted by Crippen LogP contribution is 2.35. The third-order valence-corrected chi connectivity index (χ3v) is 3.30. The number of aromatic nitrogens is 2. The zero-order valence-corrected chi connectivity index (χ0v) is 11.6. The Morgan fingerprint density at radius 3 is 2.57 bits per heavy atom. The fourth-order valence-electron chi connectivity index (χ4n) is 2.27. The molecule has 0 N–H and O–H groups in total. The molecule has 102 valence electrons. The van der Waals surface area contributed by atoms with Crippen molar-refractivity contribution >= 4 is 5.69 Å². The van der Waals surface area contributed by atoms with E-state index in [4.69, 9.17) is 11.1 Å². The maximum atomic E-state index is 7.03. The van der Waals surface area contributed by atoms with Gasteiger partial charge in [-0.25, -0.2) is 4.85 Å². The molecule has 21 heavy (non-hydrogen) atoms. The van der Waals surface area contributed by atoms with Crippen LogP contribution < -0.4 is 0 Å². The number of hydrogen-bond acceptors (Lipinski definition) is 3. The van der Waals surface area contributed by atoms with Gasteiger partial charge in [-0.05, 0) is 17.7 Å². The Bertz CT molecular complexity index is 783. The summed E-state index contributed by atoms with van der Waals surface area (Å²) in [6.07, 6.45) is 4.26. The first-order valence-electron chi connectivity index (χ1n) is 6.70. The van der Waals surface area contributed by atoms with E-state index in [1.54, 1.807) is 12.4 Å². The second kappa shape index (κ2) is 5.59. The van der Waals surface area contributed by atoms with Gasteiger partial charge in [0.25, 0.3) is 0 Å². The lowest BCUT2D eigenvalue weighted by Crippen LogP contribution is -1.86. The Labute approximate surface area is 122 Å². The molecule has 2 aromatic heterocycles. The Hall–Kier alpha value is -2.93. The molecule has 0 aliphatic rings. The molecule has 2 heterocycles. The Morgan fingerprint density at radius 2 is 1.95 bits per heavy atom. The summed E-state index contributed by atoms with van der Waals surface area (Å²) in [7, 11) is 0. The summed E-state index contributed by atoms with van der Waals surface area (Å²) >= 11 is 0. The first-order chi connectivity index (χ1) is 10.3. The highest BCUT2D eigenvalue weighted by molar-refractivity contribution is 5.82. The van der Waals surface area contributed by atoms with Crippen LogP contribution in [0.5, 0.6) is 0 Å². The third-order valence-electron chi connectivity index (χ3n) is 3.30. The lowest BCUT2D eigenvalue weighted by molar-refractivity contribution is 0.389. The van der Waals surface area contributed by atoms with E-state index in [0.29, 0.717) is 5.69 Å². The van der Waals surface area contributed by atoms with Crippen LogP contribution >= 0.6 is 0 Å². The van der Waals surface area contributed by atoms with Crippen molar-refractivity contribution in [3.63, 3.8) is 0 Å². The molecule has 3 aromatic rings. The molecule has 0 unspecified atom stereocenters. The van der Waals surface area contributed by atoms with E-state index in [2.05, 4.69) is 15.0 Å². The van der Waals surface area contributed by atoms with E-state index >= 15 is 0 Å². The van der Waals surface area contributed by atoms with Crippen molar-refractivity contribution in [3.05, 3.63) is 66.0 Å². The topological polar surface area (TPSA) is 43.3 Å². The van der Waals surface area contributed by atoms with Gasteiger partial charge in [-0.15, -0.1) is 0 Å². The zero-order valence-electron chi connectivity index (χ0n) is 11.6. The summed E-state index contributed by atoms with van der Waals surface area (Å²) in [4.78, 5) is 7.55. The van der Waals surface area contributed by atoms with E-state index in [9.17, 15) is 0 Å². The van der Waals surface area contributed by atoms with Gasteiger partial charge in [-0.3, -0.25) is 4.98 Å². The molecular formula is C17H13N3O. The van der Waals surface area contributed by atoms with Crippen LogP contribution in [0, 0.1) is 6.57 Å². The number of nitrogens with zero attached hydrogens (tertiary/aromatic N) is 3. The fraction of sp³-hybridized carbons (Fsp3) is 0.118. The molecule has 0 aliphatic heterocycles. The monoisotopic (exact) mass is 275 g/mol. The average molecular weight is 275 g/mol. The molecular weight excluding hydrogens is 262 g/mol. The van der Waals surface area contributed by atoms with Crippen LogP contribution in [-0.2, 0) is 6.42 Å². The van der Waals surface area contributed by atoms with Gasteiger partial charge in [0.2, 0.25) is 0 Å². The number of rotatable bonds is 3. The molecule has 0 atom stereocenters. The lowest BCUT2D eigenvalue weighted by atomic mass is 9.99. The number of hydrogen-bond donors (Lipinski definition) is 0. The molecule has 0 saturated heterocycles. The third kappa shape index (κ3) is 2.41. The normalized spacial score (nSPS) is 10.3. The average Bonchev–Trinajstić information content (AvgIpc) is 2.99. The van der Waals surface area contributed by atoms with Crippen molar-refractivity contribution in [3.8, 4) is 22.4 Å². The molecule has 0 radical (unpaired) electrons. The molecule has 4 nitrogen and oxygen atoms in total. The van der Waals surface area contributed by atoms with Crippen LogP contribution in [-0.4, -0.2) is 10.1 Å². The van der Waals surface area contributed by atoms with Gasteiger partial charge < -0.3 is 4.52 Å². The van der Waals surface area contributed by atoms with Crippen molar-refractivity contribution in [1.82, 2.24) is 10.1 Å². The summed E-state index contributed by atoms with van der Waals surface area (Å²) in [5.74, 6) is 0.837. The van der Waals surface area contributed by atoms with Crippen molar-refractivity contribution in [2.24, 2.45) is 0 Å². The van der Waals surface area contributed by atoms with Crippen LogP contribution in [0.15, 0.2) is 53.3 Å². The highest BCUT2D eigenvalue weighted by atomic mass is 16.5. The van der Waals surface area contributed by atoms with Crippen molar-refractivity contribution in [2.75, 3.05) is 0 Å². The van der Waals surface area contributed by atoms with Crippen LogP contribution in [0.4, 0.5) is 5.69 Å². The van der Waals surface area contributed by atoms with Crippen LogP contribution in [0.2, 0.25) is 0 Å². The first-order valence-corrected chi connectivity index (χ1v) is 6.70. The molecule has 4 heteroatoms. The van der Waals surface area contributed by atoms with E-state index in [-0.39, 0.29) is 0 Å². The highest BCUT2D eigenvalue weighted by Gasteiger charge is 2.18. The van der Waals surface area contributed by atoms with E-state index in [1.165, 1.54) is 0 Å². The maximum absolute atomic E-state index is 7.03. The summed E-state index contributed by atoms with van der Waals surface area (Å²) in [5.41, 5.74) is 4.30. The second-order valence-electron chi connectivity index (χ2n) is 4.58. The first kappa shape index (κ1) is 13.1. The molecule has 0 spiro atoms. The quantitative estimate of drug-likeness (QED) is 0.660. The summed E-state index contributed by atoms with van der Waals surface area (Å²) in [6.45, 7) is 9.06. The van der Waals surface area contributed by atoms with Crippen LogP contribution in [0.25, 0.3) is 27.2 Å². The molecule has 0 saturated carbocycles. The second-order valence-corrected chi connectivity index (χ2v) is 4.58. The molecule has 0 aliphatic carbocycles. The van der Waals surface area contributed by atoms with Crippen molar-refractivity contribution < 1.29 is 4.52 Å². The number of aryl methyl sites for hydroxylation is 1.